The maximum absolute atomic E-state index is 12.2. The molecule has 0 aliphatic rings. The zero-order chi connectivity index (χ0) is 17.6. The third kappa shape index (κ3) is 10.7. The molecule has 1 amide bonds. The molecule has 6 nitrogen and oxygen atoms in total. The van der Waals surface area contributed by atoms with Crippen LogP contribution in [0.3, 0.4) is 0 Å². The topological polar surface area (TPSA) is 90.6 Å². The molecule has 0 aromatic rings. The minimum atomic E-state index is -0.770. The number of alkyl carbamates (subject to hydrolysis) is 1. The molecule has 0 saturated heterocycles. The first kappa shape index (κ1) is 21.0. The van der Waals surface area contributed by atoms with E-state index in [0.29, 0.717) is 12.3 Å². The van der Waals surface area contributed by atoms with Crippen LogP contribution in [-0.4, -0.2) is 46.9 Å². The first-order chi connectivity index (χ1) is 9.84. The van der Waals surface area contributed by atoms with E-state index in [9.17, 15) is 9.59 Å². The highest BCUT2D eigenvalue weighted by molar-refractivity contribution is 8.00. The molecular weight excluding hydrogens is 304 g/mol. The SMILES string of the molecule is C[C@H](CN)SC[C@@H](NC(=O)OC(C)(C)C)C(=O)OC(C)(C)C. The van der Waals surface area contributed by atoms with Gasteiger partial charge in [-0.1, -0.05) is 6.92 Å². The van der Waals surface area contributed by atoms with E-state index in [0.717, 1.165) is 0 Å². The largest absolute Gasteiger partial charge is 0.458 e. The van der Waals surface area contributed by atoms with Crippen molar-refractivity contribution in [3.05, 3.63) is 0 Å². The van der Waals surface area contributed by atoms with Crippen molar-refractivity contribution in [2.75, 3.05) is 12.3 Å². The van der Waals surface area contributed by atoms with Crippen LogP contribution in [0, 0.1) is 0 Å². The van der Waals surface area contributed by atoms with E-state index in [2.05, 4.69) is 5.32 Å². The molecule has 0 bridgehead atoms. The fourth-order valence-corrected chi connectivity index (χ4v) is 2.20. The summed E-state index contributed by atoms with van der Waals surface area (Å²) in [5.74, 6) is -0.0953. The number of nitrogens with one attached hydrogen (secondary N) is 1. The fourth-order valence-electron chi connectivity index (χ4n) is 1.32. The Bertz CT molecular complexity index is 375. The number of nitrogens with two attached hydrogens (primary N) is 1. The van der Waals surface area contributed by atoms with Crippen LogP contribution in [0.4, 0.5) is 4.79 Å². The van der Waals surface area contributed by atoms with Gasteiger partial charge in [-0.15, -0.1) is 0 Å². The summed E-state index contributed by atoms with van der Waals surface area (Å²) < 4.78 is 10.5. The minimum Gasteiger partial charge on any atom is -0.458 e. The molecular formula is C15H30N2O4S. The van der Waals surface area contributed by atoms with Crippen LogP contribution in [0.25, 0.3) is 0 Å². The first-order valence-corrected chi connectivity index (χ1v) is 8.43. The molecule has 0 fully saturated rings. The smallest absolute Gasteiger partial charge is 0.408 e. The van der Waals surface area contributed by atoms with E-state index in [-0.39, 0.29) is 5.25 Å². The van der Waals surface area contributed by atoms with Gasteiger partial charge in [0.05, 0.1) is 0 Å². The van der Waals surface area contributed by atoms with Crippen LogP contribution >= 0.6 is 11.8 Å². The van der Waals surface area contributed by atoms with E-state index in [4.69, 9.17) is 15.2 Å². The lowest BCUT2D eigenvalue weighted by atomic mass is 10.2. The zero-order valence-corrected chi connectivity index (χ0v) is 15.5. The first-order valence-electron chi connectivity index (χ1n) is 7.38. The summed E-state index contributed by atoms with van der Waals surface area (Å²) in [6.45, 7) is 13.1. The predicted molar refractivity (Wildman–Crippen MR) is 90.0 cm³/mol. The summed E-state index contributed by atoms with van der Waals surface area (Å²) in [7, 11) is 0. The number of ether oxygens (including phenoxy) is 2. The van der Waals surface area contributed by atoms with Gasteiger partial charge in [0.2, 0.25) is 0 Å². The second-order valence-corrected chi connectivity index (χ2v) is 8.58. The Morgan fingerprint density at radius 1 is 1.09 bits per heavy atom. The molecule has 0 aliphatic carbocycles. The molecule has 0 unspecified atom stereocenters. The molecule has 0 radical (unpaired) electrons. The monoisotopic (exact) mass is 334 g/mol. The number of carbonyl (C=O) groups excluding carboxylic acids is 2. The Balaban J connectivity index is 4.78. The lowest BCUT2D eigenvalue weighted by Crippen LogP contribution is -2.47. The standard InChI is InChI=1S/C15H30N2O4S/c1-10(8-16)22-9-11(12(18)20-14(2,3)4)17-13(19)21-15(5,6)7/h10-11H,8-9,16H2,1-7H3,(H,17,19)/t10-,11-/m1/s1. The highest BCUT2D eigenvalue weighted by Crippen LogP contribution is 2.15. The van der Waals surface area contributed by atoms with E-state index in [1.54, 1.807) is 41.5 Å². The van der Waals surface area contributed by atoms with E-state index >= 15 is 0 Å². The van der Waals surface area contributed by atoms with Gasteiger partial charge < -0.3 is 20.5 Å². The van der Waals surface area contributed by atoms with Gasteiger partial charge in [0.1, 0.15) is 17.2 Å². The van der Waals surface area contributed by atoms with Crippen LogP contribution in [0.5, 0.6) is 0 Å². The Morgan fingerprint density at radius 3 is 2.00 bits per heavy atom. The molecule has 0 aliphatic heterocycles. The van der Waals surface area contributed by atoms with Crippen LogP contribution < -0.4 is 11.1 Å². The number of thioether (sulfide) groups is 1. The van der Waals surface area contributed by atoms with Gasteiger partial charge in [-0.25, -0.2) is 9.59 Å². The second-order valence-electron chi connectivity index (χ2n) is 7.11. The van der Waals surface area contributed by atoms with Crippen LogP contribution in [0.1, 0.15) is 48.5 Å². The Morgan fingerprint density at radius 2 is 1.59 bits per heavy atom. The molecule has 0 aromatic carbocycles. The molecule has 130 valence electrons. The average Bonchev–Trinajstić information content (AvgIpc) is 2.29. The third-order valence-corrected chi connectivity index (χ3v) is 3.55. The predicted octanol–water partition coefficient (Wildman–Crippen LogP) is 2.30. The van der Waals surface area contributed by atoms with Crippen molar-refractivity contribution < 1.29 is 19.1 Å². The lowest BCUT2D eigenvalue weighted by molar-refractivity contribution is -0.156. The maximum atomic E-state index is 12.2. The minimum absolute atomic E-state index is 0.186. The molecule has 2 atom stereocenters. The summed E-state index contributed by atoms with van der Waals surface area (Å²) in [6, 6.07) is -0.770. The molecule has 0 aromatic heterocycles. The summed E-state index contributed by atoms with van der Waals surface area (Å²) >= 11 is 1.50. The van der Waals surface area contributed by atoms with Gasteiger partial charge in [-0.05, 0) is 41.5 Å². The molecule has 0 rings (SSSR count). The summed E-state index contributed by atoms with van der Waals surface area (Å²) in [4.78, 5) is 24.1. The van der Waals surface area contributed by atoms with Crippen molar-refractivity contribution in [3.8, 4) is 0 Å². The normalized spacial score (nSPS) is 14.9. The van der Waals surface area contributed by atoms with Gasteiger partial charge in [0.25, 0.3) is 0 Å². The number of amides is 1. The number of esters is 1. The van der Waals surface area contributed by atoms with Gasteiger partial charge in [-0.3, -0.25) is 0 Å². The van der Waals surface area contributed by atoms with Crippen molar-refractivity contribution in [2.24, 2.45) is 5.73 Å². The molecule has 0 heterocycles. The average molecular weight is 334 g/mol. The highest BCUT2D eigenvalue weighted by Gasteiger charge is 2.29. The molecule has 0 saturated carbocycles. The number of rotatable bonds is 6. The second kappa shape index (κ2) is 8.62. The zero-order valence-electron chi connectivity index (χ0n) is 14.7. The number of hydrogen-bond acceptors (Lipinski definition) is 6. The Kier molecular flexibility index (Phi) is 8.25. The molecule has 22 heavy (non-hydrogen) atoms. The van der Waals surface area contributed by atoms with Crippen molar-refractivity contribution in [2.45, 2.75) is 71.0 Å². The fraction of sp³-hybridized carbons (Fsp3) is 0.867. The highest BCUT2D eigenvalue weighted by atomic mass is 32.2. The summed E-state index contributed by atoms with van der Waals surface area (Å²) in [5, 5.41) is 2.76. The Hall–Kier alpha value is -0.950. The van der Waals surface area contributed by atoms with E-state index < -0.39 is 29.3 Å². The third-order valence-electron chi connectivity index (χ3n) is 2.26. The lowest BCUT2D eigenvalue weighted by Gasteiger charge is -2.26. The molecule has 3 N–H and O–H groups in total. The van der Waals surface area contributed by atoms with Crippen LogP contribution in [-0.2, 0) is 14.3 Å². The van der Waals surface area contributed by atoms with E-state index in [1.165, 1.54) is 11.8 Å². The quantitative estimate of drug-likeness (QED) is 0.724. The van der Waals surface area contributed by atoms with Gasteiger partial charge in [0, 0.05) is 17.5 Å². The Labute approximate surface area is 137 Å². The van der Waals surface area contributed by atoms with Crippen LogP contribution in [0.15, 0.2) is 0 Å². The van der Waals surface area contributed by atoms with Gasteiger partial charge in [0.15, 0.2) is 0 Å². The maximum Gasteiger partial charge on any atom is 0.408 e. The van der Waals surface area contributed by atoms with E-state index in [1.807, 2.05) is 6.92 Å². The summed E-state index contributed by atoms with van der Waals surface area (Å²) in [5.41, 5.74) is 4.33. The van der Waals surface area contributed by atoms with Crippen molar-refractivity contribution in [3.63, 3.8) is 0 Å². The van der Waals surface area contributed by atoms with Gasteiger partial charge >= 0.3 is 12.1 Å². The van der Waals surface area contributed by atoms with Crippen LogP contribution in [0.2, 0.25) is 0 Å². The molecule has 7 heteroatoms. The summed E-state index contributed by atoms with van der Waals surface area (Å²) in [6.07, 6.45) is -0.635. The van der Waals surface area contributed by atoms with Gasteiger partial charge in [-0.2, -0.15) is 11.8 Å². The molecule has 0 spiro atoms. The van der Waals surface area contributed by atoms with Crippen molar-refractivity contribution in [1.82, 2.24) is 5.32 Å². The van der Waals surface area contributed by atoms with Crippen molar-refractivity contribution >= 4 is 23.8 Å². The number of hydrogen-bond donors (Lipinski definition) is 2. The number of carbonyl (C=O) groups is 2. The van der Waals surface area contributed by atoms with Crippen molar-refractivity contribution in [1.29, 1.82) is 0 Å².